The molecular weight excluding hydrogens is 346 g/mol. The first-order valence-corrected chi connectivity index (χ1v) is 8.50. The molecule has 6 heteroatoms. The molecule has 1 heterocycles. The maximum absolute atomic E-state index is 12.2. The predicted octanol–water partition coefficient (Wildman–Crippen LogP) is 2.96. The van der Waals surface area contributed by atoms with E-state index in [1.54, 1.807) is 43.3 Å². The summed E-state index contributed by atoms with van der Waals surface area (Å²) < 4.78 is 10.5. The number of fused-ring (bicyclic) bond motifs is 1. The standard InChI is InChI=1S/C21H19NO5/c1-13-8-9-17-16(11-19(23)27-18(17)10-13)12-26-21(25)14(2)22-20(24)15-6-4-3-5-7-15/h3-11,14H,12H2,1-2H3,(H,22,24)/t14-/m0/s1. The van der Waals surface area contributed by atoms with E-state index in [0.717, 1.165) is 5.56 Å². The molecule has 27 heavy (non-hydrogen) atoms. The highest BCUT2D eigenvalue weighted by atomic mass is 16.5. The van der Waals surface area contributed by atoms with Crippen LogP contribution in [0.15, 0.2) is 63.8 Å². The zero-order valence-electron chi connectivity index (χ0n) is 15.0. The monoisotopic (exact) mass is 365 g/mol. The minimum atomic E-state index is -0.827. The summed E-state index contributed by atoms with van der Waals surface area (Å²) >= 11 is 0. The number of benzene rings is 2. The lowest BCUT2D eigenvalue weighted by Gasteiger charge is -2.14. The largest absolute Gasteiger partial charge is 0.459 e. The van der Waals surface area contributed by atoms with Crippen molar-refractivity contribution in [1.29, 1.82) is 0 Å². The molecule has 6 nitrogen and oxygen atoms in total. The number of aryl methyl sites for hydroxylation is 1. The van der Waals surface area contributed by atoms with Crippen molar-refractivity contribution in [3.8, 4) is 0 Å². The van der Waals surface area contributed by atoms with Gasteiger partial charge in [0, 0.05) is 22.6 Å². The van der Waals surface area contributed by atoms with Crippen molar-refractivity contribution in [2.45, 2.75) is 26.5 Å². The minimum Gasteiger partial charge on any atom is -0.459 e. The molecule has 0 aliphatic carbocycles. The average Bonchev–Trinajstić information content (AvgIpc) is 2.65. The molecule has 0 radical (unpaired) electrons. The van der Waals surface area contributed by atoms with Crippen LogP contribution in [0, 0.1) is 6.92 Å². The number of hydrogen-bond acceptors (Lipinski definition) is 5. The van der Waals surface area contributed by atoms with Crippen LogP contribution in [0.5, 0.6) is 0 Å². The molecule has 0 aliphatic rings. The topological polar surface area (TPSA) is 85.6 Å². The van der Waals surface area contributed by atoms with Gasteiger partial charge >= 0.3 is 11.6 Å². The fourth-order valence-electron chi connectivity index (χ4n) is 2.66. The van der Waals surface area contributed by atoms with Crippen molar-refractivity contribution < 1.29 is 18.7 Å². The van der Waals surface area contributed by atoms with Crippen LogP contribution in [0.25, 0.3) is 11.0 Å². The lowest BCUT2D eigenvalue weighted by atomic mass is 10.1. The van der Waals surface area contributed by atoms with Gasteiger partial charge in [-0.2, -0.15) is 0 Å². The third-order valence-electron chi connectivity index (χ3n) is 4.09. The molecule has 0 unspecified atom stereocenters. The van der Waals surface area contributed by atoms with E-state index in [4.69, 9.17) is 9.15 Å². The highest BCUT2D eigenvalue weighted by Gasteiger charge is 2.18. The smallest absolute Gasteiger partial charge is 0.336 e. The minimum absolute atomic E-state index is 0.0878. The molecule has 1 amide bonds. The van der Waals surface area contributed by atoms with E-state index < -0.39 is 17.6 Å². The van der Waals surface area contributed by atoms with Gasteiger partial charge in [-0.1, -0.05) is 30.3 Å². The van der Waals surface area contributed by atoms with Crippen LogP contribution in [-0.4, -0.2) is 17.9 Å². The zero-order valence-corrected chi connectivity index (χ0v) is 15.0. The molecule has 138 valence electrons. The van der Waals surface area contributed by atoms with Crippen molar-refractivity contribution in [3.63, 3.8) is 0 Å². The van der Waals surface area contributed by atoms with Crippen LogP contribution in [0.2, 0.25) is 0 Å². The first kappa shape index (κ1) is 18.4. The normalized spacial score (nSPS) is 11.8. The van der Waals surface area contributed by atoms with Crippen molar-refractivity contribution in [2.24, 2.45) is 0 Å². The Morgan fingerprint density at radius 3 is 2.59 bits per heavy atom. The molecule has 3 aromatic rings. The summed E-state index contributed by atoms with van der Waals surface area (Å²) in [5.41, 5.74) is 1.90. The fraction of sp³-hybridized carbons (Fsp3) is 0.190. The molecule has 2 aromatic carbocycles. The lowest BCUT2D eigenvalue weighted by molar-refractivity contribution is -0.146. The number of nitrogens with one attached hydrogen (secondary N) is 1. The lowest BCUT2D eigenvalue weighted by Crippen LogP contribution is -2.39. The molecule has 0 fully saturated rings. The van der Waals surface area contributed by atoms with Gasteiger partial charge in [0.2, 0.25) is 0 Å². The van der Waals surface area contributed by atoms with Crippen LogP contribution in [0.4, 0.5) is 0 Å². The average molecular weight is 365 g/mol. The molecule has 1 atom stereocenters. The summed E-state index contributed by atoms with van der Waals surface area (Å²) in [5, 5.41) is 3.30. The third-order valence-corrected chi connectivity index (χ3v) is 4.09. The number of rotatable bonds is 5. The van der Waals surface area contributed by atoms with E-state index in [0.29, 0.717) is 22.1 Å². The van der Waals surface area contributed by atoms with Gasteiger partial charge in [0.05, 0.1) is 0 Å². The van der Waals surface area contributed by atoms with Gasteiger partial charge in [0.15, 0.2) is 0 Å². The van der Waals surface area contributed by atoms with Crippen LogP contribution < -0.4 is 10.9 Å². The quantitative estimate of drug-likeness (QED) is 0.555. The Labute approximate surface area is 155 Å². The van der Waals surface area contributed by atoms with Crippen molar-refractivity contribution >= 4 is 22.8 Å². The molecule has 0 saturated carbocycles. The maximum atomic E-state index is 12.2. The Morgan fingerprint density at radius 2 is 1.85 bits per heavy atom. The van der Waals surface area contributed by atoms with E-state index in [1.165, 1.54) is 6.07 Å². The van der Waals surface area contributed by atoms with Gasteiger partial charge in [-0.15, -0.1) is 0 Å². The maximum Gasteiger partial charge on any atom is 0.336 e. The van der Waals surface area contributed by atoms with E-state index in [2.05, 4.69) is 5.32 Å². The van der Waals surface area contributed by atoms with Gasteiger partial charge < -0.3 is 14.5 Å². The Hall–Kier alpha value is -3.41. The summed E-state index contributed by atoms with van der Waals surface area (Å²) in [7, 11) is 0. The summed E-state index contributed by atoms with van der Waals surface area (Å²) in [6.07, 6.45) is 0. The fourth-order valence-corrected chi connectivity index (χ4v) is 2.66. The highest BCUT2D eigenvalue weighted by molar-refractivity contribution is 5.96. The van der Waals surface area contributed by atoms with Crippen LogP contribution >= 0.6 is 0 Å². The number of ether oxygens (including phenoxy) is 1. The predicted molar refractivity (Wildman–Crippen MR) is 100 cm³/mol. The number of hydrogen-bond donors (Lipinski definition) is 1. The third kappa shape index (κ3) is 4.41. The Morgan fingerprint density at radius 1 is 1.11 bits per heavy atom. The molecule has 1 N–H and O–H groups in total. The van der Waals surface area contributed by atoms with Gasteiger partial charge in [0.1, 0.15) is 18.2 Å². The molecule has 0 spiro atoms. The van der Waals surface area contributed by atoms with Crippen molar-refractivity contribution in [3.05, 3.63) is 81.7 Å². The van der Waals surface area contributed by atoms with Crippen LogP contribution in [-0.2, 0) is 16.1 Å². The van der Waals surface area contributed by atoms with E-state index in [-0.39, 0.29) is 12.5 Å². The first-order chi connectivity index (χ1) is 12.9. The van der Waals surface area contributed by atoms with Gasteiger partial charge in [-0.25, -0.2) is 9.59 Å². The molecule has 3 rings (SSSR count). The van der Waals surface area contributed by atoms with Crippen molar-refractivity contribution in [2.75, 3.05) is 0 Å². The number of carbonyl (C=O) groups is 2. The Kier molecular flexibility index (Phi) is 5.35. The van der Waals surface area contributed by atoms with Gasteiger partial charge in [-0.3, -0.25) is 4.79 Å². The number of esters is 1. The molecular formula is C21H19NO5. The Balaban J connectivity index is 1.68. The zero-order chi connectivity index (χ0) is 19.4. The van der Waals surface area contributed by atoms with Crippen LogP contribution in [0.1, 0.15) is 28.4 Å². The molecule has 1 aromatic heterocycles. The second kappa shape index (κ2) is 7.86. The summed E-state index contributed by atoms with van der Waals surface area (Å²) in [5.74, 6) is -0.950. The van der Waals surface area contributed by atoms with Gasteiger partial charge in [0.25, 0.3) is 5.91 Å². The summed E-state index contributed by atoms with van der Waals surface area (Å²) in [6.45, 7) is 3.35. The SMILES string of the molecule is Cc1ccc2c(COC(=O)[C@H](C)NC(=O)c3ccccc3)cc(=O)oc2c1. The molecule has 0 aliphatic heterocycles. The number of amides is 1. The van der Waals surface area contributed by atoms with Gasteiger partial charge in [-0.05, 0) is 37.6 Å². The second-order valence-corrected chi connectivity index (χ2v) is 6.26. The first-order valence-electron chi connectivity index (χ1n) is 8.50. The Bertz CT molecular complexity index is 1040. The van der Waals surface area contributed by atoms with E-state index in [9.17, 15) is 14.4 Å². The van der Waals surface area contributed by atoms with E-state index in [1.807, 2.05) is 19.1 Å². The van der Waals surface area contributed by atoms with Crippen molar-refractivity contribution in [1.82, 2.24) is 5.32 Å². The summed E-state index contributed by atoms with van der Waals surface area (Å²) in [6, 6.07) is 14.5. The second-order valence-electron chi connectivity index (χ2n) is 6.26. The highest BCUT2D eigenvalue weighted by Crippen LogP contribution is 2.19. The van der Waals surface area contributed by atoms with Crippen LogP contribution in [0.3, 0.4) is 0 Å². The number of carbonyl (C=O) groups excluding carboxylic acids is 2. The molecule has 0 saturated heterocycles. The molecule has 0 bridgehead atoms. The van der Waals surface area contributed by atoms with E-state index >= 15 is 0 Å². The summed E-state index contributed by atoms with van der Waals surface area (Å²) in [4.78, 5) is 36.1.